The van der Waals surface area contributed by atoms with E-state index in [1.807, 2.05) is 0 Å². The maximum atomic E-state index is 11.5. The molecule has 6 nitrogen and oxygen atoms in total. The van der Waals surface area contributed by atoms with E-state index in [1.165, 1.54) is 6.07 Å². The number of anilines is 2. The smallest absolute Gasteiger partial charge is 0.238 e. The molecule has 0 atom stereocenters. The van der Waals surface area contributed by atoms with Crippen LogP contribution >= 0.6 is 0 Å². The molecule has 20 heavy (non-hydrogen) atoms. The zero-order valence-electron chi connectivity index (χ0n) is 11.5. The molecule has 0 bridgehead atoms. The summed E-state index contributed by atoms with van der Waals surface area (Å²) in [7, 11) is -3.81. The lowest BCUT2D eigenvalue weighted by Crippen LogP contribution is -2.33. The molecule has 0 radical (unpaired) electrons. The topological polar surface area (TPSA) is 118 Å². The van der Waals surface area contributed by atoms with E-state index < -0.39 is 15.6 Å². The number of nitrogens with one attached hydrogen (secondary N) is 1. The van der Waals surface area contributed by atoms with Gasteiger partial charge in [0.1, 0.15) is 0 Å². The quantitative estimate of drug-likeness (QED) is 0.617. The van der Waals surface area contributed by atoms with Gasteiger partial charge in [-0.2, -0.15) is 0 Å². The molecule has 1 fully saturated rings. The molecule has 1 aliphatic rings. The number of hydrogen-bond acceptors (Lipinski definition) is 5. The second kappa shape index (κ2) is 5.23. The molecule has 0 aromatic heterocycles. The third-order valence-electron chi connectivity index (χ3n) is 3.83. The van der Waals surface area contributed by atoms with Gasteiger partial charge in [-0.15, -0.1) is 0 Å². The number of nitrogens with two attached hydrogens (primary N) is 2. The van der Waals surface area contributed by atoms with Crippen LogP contribution in [0.4, 0.5) is 11.4 Å². The highest BCUT2D eigenvalue weighted by Gasteiger charge is 2.31. The molecule has 1 aromatic carbocycles. The highest BCUT2D eigenvalue weighted by Crippen LogP contribution is 2.31. The maximum absolute atomic E-state index is 11.5. The van der Waals surface area contributed by atoms with Crippen molar-refractivity contribution in [2.45, 2.75) is 43.1 Å². The van der Waals surface area contributed by atoms with E-state index >= 15 is 0 Å². The van der Waals surface area contributed by atoms with E-state index in [4.69, 9.17) is 10.9 Å². The van der Waals surface area contributed by atoms with Crippen molar-refractivity contribution in [2.24, 2.45) is 5.14 Å². The minimum Gasteiger partial charge on any atom is -0.399 e. The van der Waals surface area contributed by atoms with Gasteiger partial charge in [-0.25, -0.2) is 13.6 Å². The van der Waals surface area contributed by atoms with Crippen LogP contribution in [0.3, 0.4) is 0 Å². The maximum Gasteiger partial charge on any atom is 0.238 e. The predicted molar refractivity (Wildman–Crippen MR) is 78.9 cm³/mol. The molecule has 6 N–H and O–H groups in total. The van der Waals surface area contributed by atoms with E-state index in [1.54, 1.807) is 13.0 Å². The minimum absolute atomic E-state index is 0.0124. The van der Waals surface area contributed by atoms with Crippen molar-refractivity contribution in [1.29, 1.82) is 0 Å². The fourth-order valence-corrected chi connectivity index (χ4v) is 3.49. The highest BCUT2D eigenvalue weighted by atomic mass is 32.2. The first kappa shape index (κ1) is 15.1. The normalized spacial score (nSPS) is 18.1. The Balaban J connectivity index is 2.26. The van der Waals surface area contributed by atoms with Gasteiger partial charge in [0, 0.05) is 17.9 Å². The van der Waals surface area contributed by atoms with Gasteiger partial charge in [-0.05, 0) is 37.5 Å². The van der Waals surface area contributed by atoms with E-state index in [2.05, 4.69) is 5.32 Å². The van der Waals surface area contributed by atoms with Crippen molar-refractivity contribution < 1.29 is 13.5 Å². The molecule has 2 rings (SSSR count). The fraction of sp³-hybridized carbons (Fsp3) is 0.538. The van der Waals surface area contributed by atoms with E-state index in [0.29, 0.717) is 23.5 Å². The largest absolute Gasteiger partial charge is 0.399 e. The van der Waals surface area contributed by atoms with Gasteiger partial charge >= 0.3 is 0 Å². The molecule has 0 unspecified atom stereocenters. The molecule has 1 saturated carbocycles. The number of rotatable bonds is 4. The van der Waals surface area contributed by atoms with E-state index in [9.17, 15) is 13.5 Å². The minimum atomic E-state index is -3.81. The zero-order valence-corrected chi connectivity index (χ0v) is 12.3. The van der Waals surface area contributed by atoms with Gasteiger partial charge < -0.3 is 16.2 Å². The summed E-state index contributed by atoms with van der Waals surface area (Å²) in [4.78, 5) is 0.0124. The lowest BCUT2D eigenvalue weighted by Gasteiger charge is -2.24. The number of primary sulfonamides is 1. The van der Waals surface area contributed by atoms with Crippen LogP contribution in [0.25, 0.3) is 0 Å². The Bertz CT molecular complexity index is 608. The average Bonchev–Trinajstić information content (AvgIpc) is 2.76. The molecule has 0 saturated heterocycles. The first-order valence-corrected chi connectivity index (χ1v) is 8.15. The summed E-state index contributed by atoms with van der Waals surface area (Å²) in [5, 5.41) is 18.6. The van der Waals surface area contributed by atoms with Crippen molar-refractivity contribution in [3.8, 4) is 0 Å². The van der Waals surface area contributed by atoms with Gasteiger partial charge in [-0.1, -0.05) is 12.8 Å². The summed E-state index contributed by atoms with van der Waals surface area (Å²) in [5.41, 5.74) is 6.42. The van der Waals surface area contributed by atoms with Gasteiger partial charge in [-0.3, -0.25) is 0 Å². The van der Waals surface area contributed by atoms with E-state index in [0.717, 1.165) is 25.7 Å². The first-order valence-electron chi connectivity index (χ1n) is 6.60. The number of nitrogen functional groups attached to an aromatic ring is 1. The zero-order chi connectivity index (χ0) is 15.0. The summed E-state index contributed by atoms with van der Waals surface area (Å²) < 4.78 is 23.1. The number of hydrogen-bond donors (Lipinski definition) is 4. The molecule has 112 valence electrons. The van der Waals surface area contributed by atoms with Crippen LogP contribution in [0.5, 0.6) is 0 Å². The van der Waals surface area contributed by atoms with Crippen molar-refractivity contribution in [3.05, 3.63) is 17.7 Å². The van der Waals surface area contributed by atoms with Crippen molar-refractivity contribution in [2.75, 3.05) is 17.6 Å². The molecule has 1 aliphatic carbocycles. The SMILES string of the molecule is Cc1c(NCC2(O)CCCC2)cc(N)cc1S(N)(=O)=O. The van der Waals surface area contributed by atoms with Gasteiger partial charge in [0.25, 0.3) is 0 Å². The van der Waals surface area contributed by atoms with Crippen molar-refractivity contribution >= 4 is 21.4 Å². The fourth-order valence-electron chi connectivity index (χ4n) is 2.66. The Morgan fingerprint density at radius 2 is 1.95 bits per heavy atom. The standard InChI is InChI=1S/C13H21N3O3S/c1-9-11(16-8-13(17)4-2-3-5-13)6-10(14)7-12(9)20(15,18)19/h6-7,16-17H,2-5,8,14H2,1H3,(H2,15,18,19). The molecular weight excluding hydrogens is 278 g/mol. The number of aliphatic hydroxyl groups is 1. The molecule has 0 amide bonds. The lowest BCUT2D eigenvalue weighted by molar-refractivity contribution is 0.0614. The Morgan fingerprint density at radius 1 is 1.35 bits per heavy atom. The molecule has 0 aliphatic heterocycles. The Hall–Kier alpha value is -1.31. The highest BCUT2D eigenvalue weighted by molar-refractivity contribution is 7.89. The third kappa shape index (κ3) is 3.23. The summed E-state index contributed by atoms with van der Waals surface area (Å²) in [6.07, 6.45) is 3.53. The summed E-state index contributed by atoms with van der Waals surface area (Å²) >= 11 is 0. The van der Waals surface area contributed by atoms with Gasteiger partial charge in [0.2, 0.25) is 10.0 Å². The second-order valence-electron chi connectivity index (χ2n) is 5.52. The Kier molecular flexibility index (Phi) is 3.95. The first-order chi connectivity index (χ1) is 9.21. The number of sulfonamides is 1. The summed E-state index contributed by atoms with van der Waals surface area (Å²) in [5.74, 6) is 0. The van der Waals surface area contributed by atoms with E-state index in [-0.39, 0.29) is 4.90 Å². The van der Waals surface area contributed by atoms with Crippen LogP contribution in [0.15, 0.2) is 17.0 Å². The van der Waals surface area contributed by atoms with Crippen molar-refractivity contribution in [1.82, 2.24) is 0 Å². The van der Waals surface area contributed by atoms with Gasteiger partial charge in [0.15, 0.2) is 0 Å². The molecular formula is C13H21N3O3S. The van der Waals surface area contributed by atoms with Crippen LogP contribution in [-0.4, -0.2) is 25.7 Å². The predicted octanol–water partition coefficient (Wildman–Crippen LogP) is 0.942. The van der Waals surface area contributed by atoms with Crippen LogP contribution in [0, 0.1) is 6.92 Å². The summed E-state index contributed by atoms with van der Waals surface area (Å²) in [6.45, 7) is 2.04. The Morgan fingerprint density at radius 3 is 2.50 bits per heavy atom. The van der Waals surface area contributed by atoms with Crippen molar-refractivity contribution in [3.63, 3.8) is 0 Å². The van der Waals surface area contributed by atoms with Crippen LogP contribution in [0.2, 0.25) is 0 Å². The third-order valence-corrected chi connectivity index (χ3v) is 4.87. The lowest BCUT2D eigenvalue weighted by atomic mass is 10.0. The molecule has 7 heteroatoms. The van der Waals surface area contributed by atoms with Crippen LogP contribution in [-0.2, 0) is 10.0 Å². The molecule has 1 aromatic rings. The van der Waals surface area contributed by atoms with Crippen LogP contribution < -0.4 is 16.2 Å². The van der Waals surface area contributed by atoms with Gasteiger partial charge in [0.05, 0.1) is 10.5 Å². The average molecular weight is 299 g/mol. The molecule has 0 heterocycles. The summed E-state index contributed by atoms with van der Waals surface area (Å²) in [6, 6.07) is 3.00. The van der Waals surface area contributed by atoms with Crippen LogP contribution in [0.1, 0.15) is 31.2 Å². The molecule has 0 spiro atoms. The number of benzene rings is 1. The monoisotopic (exact) mass is 299 g/mol. The second-order valence-corrected chi connectivity index (χ2v) is 7.05. The Labute approximate surface area is 119 Å².